The molecule has 0 spiro atoms. The number of ether oxygens (including phenoxy) is 1. The van der Waals surface area contributed by atoms with E-state index in [2.05, 4.69) is 24.9 Å². The first-order chi connectivity index (χ1) is 13.2. The molecule has 0 aliphatic heterocycles. The number of aromatic nitrogens is 5. The number of halogens is 1. The van der Waals surface area contributed by atoms with Crippen LogP contribution in [0, 0.1) is 5.82 Å². The predicted molar refractivity (Wildman–Crippen MR) is 99.1 cm³/mol. The molecule has 0 aliphatic carbocycles. The van der Waals surface area contributed by atoms with Crippen molar-refractivity contribution in [1.29, 1.82) is 0 Å². The molecule has 4 rings (SSSR count). The van der Waals surface area contributed by atoms with Gasteiger partial charge in [-0.3, -0.25) is 0 Å². The summed E-state index contributed by atoms with van der Waals surface area (Å²) < 4.78 is 18.5. The smallest absolute Gasteiger partial charge is 0.250 e. The van der Waals surface area contributed by atoms with Crippen LogP contribution in [-0.4, -0.2) is 32.0 Å². The quantitative estimate of drug-likeness (QED) is 0.569. The molecule has 4 aromatic rings. The van der Waals surface area contributed by atoms with E-state index in [1.165, 1.54) is 13.2 Å². The van der Waals surface area contributed by atoms with Crippen molar-refractivity contribution in [3.63, 3.8) is 0 Å². The van der Waals surface area contributed by atoms with Gasteiger partial charge in [0.25, 0.3) is 0 Å². The second-order valence-electron chi connectivity index (χ2n) is 6.23. The Morgan fingerprint density at radius 1 is 1.04 bits per heavy atom. The van der Waals surface area contributed by atoms with Crippen LogP contribution in [0.3, 0.4) is 0 Å². The van der Waals surface area contributed by atoms with Crippen LogP contribution in [0.2, 0.25) is 0 Å². The summed E-state index contributed by atoms with van der Waals surface area (Å²) in [6.07, 6.45) is 11.0. The van der Waals surface area contributed by atoms with Crippen molar-refractivity contribution in [1.82, 2.24) is 24.9 Å². The fourth-order valence-electron chi connectivity index (χ4n) is 2.99. The molecule has 27 heavy (non-hydrogen) atoms. The lowest BCUT2D eigenvalue weighted by Gasteiger charge is -2.05. The van der Waals surface area contributed by atoms with E-state index in [-0.39, 0.29) is 5.88 Å². The van der Waals surface area contributed by atoms with E-state index in [4.69, 9.17) is 4.74 Å². The van der Waals surface area contributed by atoms with Crippen molar-refractivity contribution in [2.24, 2.45) is 0 Å². The highest BCUT2D eigenvalue weighted by Gasteiger charge is 2.08. The molecule has 0 saturated carbocycles. The molecule has 0 aliphatic rings. The first-order valence-electron chi connectivity index (χ1n) is 8.62. The number of H-pyrrole nitrogens is 1. The zero-order chi connectivity index (χ0) is 18.6. The van der Waals surface area contributed by atoms with E-state index in [1.54, 1.807) is 12.4 Å². The Morgan fingerprint density at radius 2 is 1.85 bits per heavy atom. The lowest BCUT2D eigenvalue weighted by Crippen LogP contribution is -2.01. The molecule has 0 bridgehead atoms. The summed E-state index contributed by atoms with van der Waals surface area (Å²) in [5.74, 6) is 0.266. The number of aryl methyl sites for hydroxylation is 2. The van der Waals surface area contributed by atoms with Crippen LogP contribution >= 0.6 is 0 Å². The fourth-order valence-corrected chi connectivity index (χ4v) is 2.99. The van der Waals surface area contributed by atoms with Gasteiger partial charge < -0.3 is 9.72 Å². The number of fused-ring (bicyclic) bond motifs is 1. The van der Waals surface area contributed by atoms with Gasteiger partial charge in [0.15, 0.2) is 5.82 Å². The number of hydrogen-bond acceptors (Lipinski definition) is 5. The number of hydrogen-bond donors (Lipinski definition) is 1. The van der Waals surface area contributed by atoms with Crippen LogP contribution < -0.4 is 4.74 Å². The van der Waals surface area contributed by atoms with Gasteiger partial charge in [-0.2, -0.15) is 0 Å². The topological polar surface area (TPSA) is 76.6 Å². The van der Waals surface area contributed by atoms with Crippen LogP contribution in [0.25, 0.3) is 11.0 Å². The number of rotatable bonds is 6. The predicted octanol–water partition coefficient (Wildman–Crippen LogP) is 3.27. The Balaban J connectivity index is 1.41. The van der Waals surface area contributed by atoms with E-state index in [1.807, 2.05) is 30.7 Å². The third-order valence-corrected chi connectivity index (χ3v) is 4.38. The maximum atomic E-state index is 13.7. The maximum absolute atomic E-state index is 13.7. The molecule has 0 amide bonds. The average Bonchev–Trinajstić information content (AvgIpc) is 3.10. The Kier molecular flexibility index (Phi) is 4.74. The highest BCUT2D eigenvalue weighted by atomic mass is 19.1. The molecule has 1 N–H and O–H groups in total. The Morgan fingerprint density at radius 3 is 2.63 bits per heavy atom. The zero-order valence-electron chi connectivity index (χ0n) is 14.8. The monoisotopic (exact) mass is 363 g/mol. The van der Waals surface area contributed by atoms with Crippen molar-refractivity contribution in [2.75, 3.05) is 7.11 Å². The van der Waals surface area contributed by atoms with Gasteiger partial charge in [-0.25, -0.2) is 24.3 Å². The third kappa shape index (κ3) is 3.76. The zero-order valence-corrected chi connectivity index (χ0v) is 14.8. The van der Waals surface area contributed by atoms with E-state index in [0.717, 1.165) is 40.0 Å². The summed E-state index contributed by atoms with van der Waals surface area (Å²) in [6.45, 7) is 0. The molecule has 7 heteroatoms. The lowest BCUT2D eigenvalue weighted by molar-refractivity contribution is 0.368. The number of pyridine rings is 2. The van der Waals surface area contributed by atoms with Crippen molar-refractivity contribution < 1.29 is 9.13 Å². The first-order valence-corrected chi connectivity index (χ1v) is 8.62. The van der Waals surface area contributed by atoms with E-state index >= 15 is 0 Å². The van der Waals surface area contributed by atoms with Crippen molar-refractivity contribution >= 4 is 11.0 Å². The van der Waals surface area contributed by atoms with Gasteiger partial charge in [-0.1, -0.05) is 0 Å². The minimum Gasteiger partial charge on any atom is -0.479 e. The number of nitrogens with one attached hydrogen (secondary N) is 1. The van der Waals surface area contributed by atoms with Crippen molar-refractivity contribution in [3.05, 3.63) is 77.5 Å². The minimum absolute atomic E-state index is 0.00633. The molecule has 0 unspecified atom stereocenters. The van der Waals surface area contributed by atoms with Gasteiger partial charge >= 0.3 is 0 Å². The molecule has 0 atom stereocenters. The summed E-state index contributed by atoms with van der Waals surface area (Å²) >= 11 is 0. The molecule has 4 aromatic heterocycles. The fraction of sp³-hybridized carbons (Fsp3) is 0.200. The summed E-state index contributed by atoms with van der Waals surface area (Å²) in [7, 11) is 1.40. The Labute approximate surface area is 155 Å². The summed E-state index contributed by atoms with van der Waals surface area (Å²) in [6, 6.07) is 5.41. The summed E-state index contributed by atoms with van der Waals surface area (Å²) in [5, 5.41) is 1.11. The third-order valence-electron chi connectivity index (χ3n) is 4.38. The first kappa shape index (κ1) is 17.1. The molecular weight excluding hydrogens is 345 g/mol. The second kappa shape index (κ2) is 7.49. The van der Waals surface area contributed by atoms with Gasteiger partial charge in [0.05, 0.1) is 7.11 Å². The molecule has 0 fully saturated rings. The average molecular weight is 363 g/mol. The SMILES string of the molecule is COc1ncc(CCc2ncc(Cc3c[nH]c4ncccc34)cn2)cc1F. The van der Waals surface area contributed by atoms with Gasteiger partial charge in [0, 0.05) is 49.2 Å². The van der Waals surface area contributed by atoms with Crippen molar-refractivity contribution in [2.45, 2.75) is 19.3 Å². The van der Waals surface area contributed by atoms with Crippen LogP contribution in [0.4, 0.5) is 4.39 Å². The van der Waals surface area contributed by atoms with Crippen LogP contribution in [-0.2, 0) is 19.3 Å². The van der Waals surface area contributed by atoms with Crippen LogP contribution in [0.15, 0.2) is 49.2 Å². The standard InChI is InChI=1S/C20H18FN5O/c1-27-20-17(21)8-13(9-26-20)4-5-18-23-10-14(11-24-18)7-15-12-25-19-16(15)3-2-6-22-19/h2-3,6,8-12H,4-5,7H2,1H3,(H,22,25). The Hall–Kier alpha value is -3.35. The summed E-state index contributed by atoms with van der Waals surface area (Å²) in [5.41, 5.74) is 3.85. The molecule has 4 heterocycles. The molecule has 0 saturated heterocycles. The molecular formula is C20H18FN5O. The largest absolute Gasteiger partial charge is 0.479 e. The molecule has 6 nitrogen and oxygen atoms in total. The van der Waals surface area contributed by atoms with E-state index < -0.39 is 5.82 Å². The number of methoxy groups -OCH3 is 1. The van der Waals surface area contributed by atoms with Gasteiger partial charge in [0.2, 0.25) is 5.88 Å². The number of aromatic amines is 1. The second-order valence-corrected chi connectivity index (χ2v) is 6.23. The number of nitrogens with zero attached hydrogens (tertiary/aromatic N) is 4. The molecule has 136 valence electrons. The summed E-state index contributed by atoms with van der Waals surface area (Å²) in [4.78, 5) is 20.3. The normalized spacial score (nSPS) is 11.0. The van der Waals surface area contributed by atoms with Gasteiger partial charge in [-0.05, 0) is 41.3 Å². The highest BCUT2D eigenvalue weighted by molar-refractivity contribution is 5.79. The highest BCUT2D eigenvalue weighted by Crippen LogP contribution is 2.19. The Bertz CT molecular complexity index is 1060. The molecule has 0 radical (unpaired) electrons. The van der Waals surface area contributed by atoms with Gasteiger partial charge in [-0.15, -0.1) is 0 Å². The van der Waals surface area contributed by atoms with E-state index in [0.29, 0.717) is 12.8 Å². The van der Waals surface area contributed by atoms with Gasteiger partial charge in [0.1, 0.15) is 11.5 Å². The maximum Gasteiger partial charge on any atom is 0.250 e. The van der Waals surface area contributed by atoms with Crippen molar-refractivity contribution in [3.8, 4) is 5.88 Å². The minimum atomic E-state index is -0.459. The molecule has 0 aromatic carbocycles. The van der Waals surface area contributed by atoms with Crippen LogP contribution in [0.1, 0.15) is 22.5 Å². The van der Waals surface area contributed by atoms with E-state index in [9.17, 15) is 4.39 Å². The van der Waals surface area contributed by atoms with Crippen LogP contribution in [0.5, 0.6) is 5.88 Å². The lowest BCUT2D eigenvalue weighted by atomic mass is 10.1.